The van der Waals surface area contributed by atoms with E-state index in [0.29, 0.717) is 0 Å². The number of rotatable bonds is 7. The normalized spacial score (nSPS) is 22.6. The molecule has 1 N–H and O–H groups in total. The molecular formula is C17H27NO. The number of nitrogens with one attached hydrogen (secondary N) is 1. The van der Waals surface area contributed by atoms with Crippen LogP contribution in [0.1, 0.15) is 45.1 Å². The second kappa shape index (κ2) is 7.54. The first-order valence-corrected chi connectivity index (χ1v) is 7.70. The molecule has 2 nitrogen and oxygen atoms in total. The van der Waals surface area contributed by atoms with E-state index in [1.807, 2.05) is 6.07 Å². The van der Waals surface area contributed by atoms with Gasteiger partial charge in [0.1, 0.15) is 5.75 Å². The minimum Gasteiger partial charge on any atom is -0.494 e. The molecule has 2 heteroatoms. The lowest BCUT2D eigenvalue weighted by Gasteiger charge is -2.12. The summed E-state index contributed by atoms with van der Waals surface area (Å²) < 4.78 is 5.66. The van der Waals surface area contributed by atoms with Crippen LogP contribution >= 0.6 is 0 Å². The lowest BCUT2D eigenvalue weighted by molar-refractivity contribution is 0.317. The van der Waals surface area contributed by atoms with Crippen LogP contribution in [0.15, 0.2) is 24.3 Å². The Morgan fingerprint density at radius 1 is 1.32 bits per heavy atom. The molecule has 0 bridgehead atoms. The molecule has 2 unspecified atom stereocenters. The van der Waals surface area contributed by atoms with Gasteiger partial charge in [0, 0.05) is 6.54 Å². The lowest BCUT2D eigenvalue weighted by atomic mass is 10.1. The molecule has 1 aliphatic carbocycles. The summed E-state index contributed by atoms with van der Waals surface area (Å²) in [5.41, 5.74) is 1.32. The number of hydrogen-bond donors (Lipinski definition) is 1. The maximum atomic E-state index is 5.66. The summed E-state index contributed by atoms with van der Waals surface area (Å²) in [7, 11) is 0. The van der Waals surface area contributed by atoms with Crippen molar-refractivity contribution < 1.29 is 4.74 Å². The first-order valence-electron chi connectivity index (χ1n) is 7.70. The molecule has 106 valence electrons. The maximum absolute atomic E-state index is 5.66. The lowest BCUT2D eigenvalue weighted by Crippen LogP contribution is -2.20. The molecule has 2 atom stereocenters. The summed E-state index contributed by atoms with van der Waals surface area (Å²) in [5, 5.41) is 3.59. The second-order valence-electron chi connectivity index (χ2n) is 5.91. The van der Waals surface area contributed by atoms with Gasteiger partial charge >= 0.3 is 0 Å². The van der Waals surface area contributed by atoms with E-state index < -0.39 is 0 Å². The summed E-state index contributed by atoms with van der Waals surface area (Å²) >= 11 is 0. The Balaban J connectivity index is 1.73. The van der Waals surface area contributed by atoms with E-state index in [2.05, 4.69) is 37.4 Å². The van der Waals surface area contributed by atoms with Gasteiger partial charge in [0.15, 0.2) is 0 Å². The van der Waals surface area contributed by atoms with Gasteiger partial charge in [-0.1, -0.05) is 32.4 Å². The maximum Gasteiger partial charge on any atom is 0.119 e. The number of ether oxygens (including phenoxy) is 1. The highest BCUT2D eigenvalue weighted by molar-refractivity contribution is 5.28. The Morgan fingerprint density at radius 3 is 2.95 bits per heavy atom. The van der Waals surface area contributed by atoms with Crippen molar-refractivity contribution in [2.75, 3.05) is 13.2 Å². The van der Waals surface area contributed by atoms with Crippen LogP contribution < -0.4 is 10.1 Å². The number of benzene rings is 1. The van der Waals surface area contributed by atoms with Crippen molar-refractivity contribution in [1.82, 2.24) is 5.32 Å². The fourth-order valence-corrected chi connectivity index (χ4v) is 2.90. The molecule has 0 aromatic heterocycles. The molecule has 1 aromatic rings. The monoisotopic (exact) mass is 261 g/mol. The SMILES string of the molecule is CCCOc1cccc(CNCC2CCC(C)C2)c1. The number of hydrogen-bond acceptors (Lipinski definition) is 2. The van der Waals surface area contributed by atoms with Gasteiger partial charge in [-0.3, -0.25) is 0 Å². The van der Waals surface area contributed by atoms with Gasteiger partial charge in [0.05, 0.1) is 6.61 Å². The Kier molecular flexibility index (Phi) is 5.71. The van der Waals surface area contributed by atoms with Gasteiger partial charge in [0.2, 0.25) is 0 Å². The van der Waals surface area contributed by atoms with Crippen LogP contribution in [0.4, 0.5) is 0 Å². The highest BCUT2D eigenvalue weighted by Crippen LogP contribution is 2.29. The van der Waals surface area contributed by atoms with Crippen molar-refractivity contribution >= 4 is 0 Å². The molecular weight excluding hydrogens is 234 g/mol. The quantitative estimate of drug-likeness (QED) is 0.801. The van der Waals surface area contributed by atoms with Crippen LogP contribution in [-0.4, -0.2) is 13.2 Å². The molecule has 0 heterocycles. The zero-order chi connectivity index (χ0) is 13.5. The summed E-state index contributed by atoms with van der Waals surface area (Å²) in [4.78, 5) is 0. The van der Waals surface area contributed by atoms with E-state index in [1.165, 1.54) is 24.8 Å². The van der Waals surface area contributed by atoms with E-state index in [9.17, 15) is 0 Å². The largest absolute Gasteiger partial charge is 0.494 e. The highest BCUT2D eigenvalue weighted by Gasteiger charge is 2.20. The zero-order valence-electron chi connectivity index (χ0n) is 12.3. The standard InChI is InChI=1S/C17H27NO/c1-3-9-19-17-6-4-5-15(11-17)12-18-13-16-8-7-14(2)10-16/h4-6,11,14,16,18H,3,7-10,12-13H2,1-2H3. The van der Waals surface area contributed by atoms with Gasteiger partial charge in [-0.15, -0.1) is 0 Å². The topological polar surface area (TPSA) is 21.3 Å². The Hall–Kier alpha value is -1.02. The summed E-state index contributed by atoms with van der Waals surface area (Å²) in [6.45, 7) is 7.41. The minimum absolute atomic E-state index is 0.802. The van der Waals surface area contributed by atoms with Crippen molar-refractivity contribution in [1.29, 1.82) is 0 Å². The average molecular weight is 261 g/mol. The van der Waals surface area contributed by atoms with Crippen molar-refractivity contribution in [3.05, 3.63) is 29.8 Å². The molecule has 0 amide bonds. The van der Waals surface area contributed by atoms with E-state index in [1.54, 1.807) is 0 Å². The Bertz CT molecular complexity index is 377. The molecule has 0 aliphatic heterocycles. The zero-order valence-corrected chi connectivity index (χ0v) is 12.3. The van der Waals surface area contributed by atoms with E-state index in [4.69, 9.17) is 4.74 Å². The second-order valence-corrected chi connectivity index (χ2v) is 5.91. The summed E-state index contributed by atoms with van der Waals surface area (Å²) in [5.74, 6) is 2.81. The minimum atomic E-state index is 0.802. The molecule has 0 saturated heterocycles. The van der Waals surface area contributed by atoms with Gasteiger partial charge in [-0.25, -0.2) is 0 Å². The fourth-order valence-electron chi connectivity index (χ4n) is 2.90. The molecule has 1 saturated carbocycles. The van der Waals surface area contributed by atoms with Crippen molar-refractivity contribution in [3.63, 3.8) is 0 Å². The van der Waals surface area contributed by atoms with Crippen molar-refractivity contribution in [2.45, 2.75) is 46.1 Å². The van der Waals surface area contributed by atoms with Crippen LogP contribution in [-0.2, 0) is 6.54 Å². The van der Waals surface area contributed by atoms with Crippen LogP contribution in [0.25, 0.3) is 0 Å². The predicted molar refractivity (Wildman–Crippen MR) is 80.4 cm³/mol. The molecule has 0 radical (unpaired) electrons. The van der Waals surface area contributed by atoms with E-state index in [0.717, 1.165) is 43.7 Å². The van der Waals surface area contributed by atoms with Crippen LogP contribution in [0, 0.1) is 11.8 Å². The molecule has 1 aliphatic rings. The summed E-state index contributed by atoms with van der Waals surface area (Å²) in [6, 6.07) is 8.44. The molecule has 2 rings (SSSR count). The fraction of sp³-hybridized carbons (Fsp3) is 0.647. The van der Waals surface area contributed by atoms with Crippen molar-refractivity contribution in [3.8, 4) is 5.75 Å². The average Bonchev–Trinajstić information content (AvgIpc) is 2.83. The predicted octanol–water partition coefficient (Wildman–Crippen LogP) is 4.00. The molecule has 19 heavy (non-hydrogen) atoms. The Labute approximate surface area is 117 Å². The smallest absolute Gasteiger partial charge is 0.119 e. The molecule has 1 fully saturated rings. The van der Waals surface area contributed by atoms with Gasteiger partial charge in [-0.2, -0.15) is 0 Å². The first kappa shape index (κ1) is 14.4. The van der Waals surface area contributed by atoms with Crippen LogP contribution in [0.2, 0.25) is 0 Å². The van der Waals surface area contributed by atoms with Crippen LogP contribution in [0.5, 0.6) is 5.75 Å². The highest BCUT2D eigenvalue weighted by atomic mass is 16.5. The Morgan fingerprint density at radius 2 is 2.21 bits per heavy atom. The molecule has 0 spiro atoms. The van der Waals surface area contributed by atoms with E-state index in [-0.39, 0.29) is 0 Å². The molecule has 1 aromatic carbocycles. The summed E-state index contributed by atoms with van der Waals surface area (Å²) in [6.07, 6.45) is 5.26. The third kappa shape index (κ3) is 4.87. The third-order valence-corrected chi connectivity index (χ3v) is 3.94. The van der Waals surface area contributed by atoms with E-state index >= 15 is 0 Å². The van der Waals surface area contributed by atoms with Gasteiger partial charge < -0.3 is 10.1 Å². The first-order chi connectivity index (χ1) is 9.28. The third-order valence-electron chi connectivity index (χ3n) is 3.94. The van der Waals surface area contributed by atoms with Crippen molar-refractivity contribution in [2.24, 2.45) is 11.8 Å². The van der Waals surface area contributed by atoms with Crippen LogP contribution in [0.3, 0.4) is 0 Å². The van der Waals surface area contributed by atoms with Gasteiger partial charge in [0.25, 0.3) is 0 Å². The van der Waals surface area contributed by atoms with Gasteiger partial charge in [-0.05, 0) is 55.3 Å².